The van der Waals surface area contributed by atoms with Crippen molar-refractivity contribution < 1.29 is 4.39 Å². The summed E-state index contributed by atoms with van der Waals surface area (Å²) < 4.78 is 12.9. The molecule has 0 radical (unpaired) electrons. The van der Waals surface area contributed by atoms with Crippen molar-refractivity contribution in [3.8, 4) is 0 Å². The highest BCUT2D eigenvalue weighted by atomic mass is 79.9. The van der Waals surface area contributed by atoms with Crippen molar-refractivity contribution >= 4 is 15.9 Å². The summed E-state index contributed by atoms with van der Waals surface area (Å²) in [5, 5.41) is 0.958. The van der Waals surface area contributed by atoms with E-state index in [9.17, 15) is 4.39 Å². The van der Waals surface area contributed by atoms with Crippen molar-refractivity contribution in [1.29, 1.82) is 0 Å². The molecule has 0 heterocycles. The molecule has 0 saturated heterocycles. The molecule has 2 aromatic rings. The Kier molecular flexibility index (Phi) is 5.78. The number of alkyl halides is 1. The molecule has 2 heteroatoms. The van der Waals surface area contributed by atoms with Gasteiger partial charge in [-0.15, -0.1) is 0 Å². The number of benzene rings is 2. The Morgan fingerprint density at radius 2 is 1.30 bits per heavy atom. The Morgan fingerprint density at radius 3 is 1.75 bits per heavy atom. The zero-order valence-corrected chi connectivity index (χ0v) is 13.4. The van der Waals surface area contributed by atoms with Crippen LogP contribution >= 0.6 is 15.9 Å². The minimum absolute atomic E-state index is 0.167. The summed E-state index contributed by atoms with van der Waals surface area (Å²) in [4.78, 5) is 0. The van der Waals surface area contributed by atoms with Crippen molar-refractivity contribution in [3.63, 3.8) is 0 Å². The van der Waals surface area contributed by atoms with Crippen LogP contribution in [0, 0.1) is 11.7 Å². The van der Waals surface area contributed by atoms with Gasteiger partial charge in [0.15, 0.2) is 0 Å². The van der Waals surface area contributed by atoms with Crippen LogP contribution in [0.1, 0.15) is 23.6 Å². The summed E-state index contributed by atoms with van der Waals surface area (Å²) in [6.07, 6.45) is 3.10. The summed E-state index contributed by atoms with van der Waals surface area (Å²) in [7, 11) is 0. The third-order valence-corrected chi connectivity index (χ3v) is 4.53. The van der Waals surface area contributed by atoms with Crippen molar-refractivity contribution in [2.75, 3.05) is 5.33 Å². The SMILES string of the molecule is CCc1ccc(CC(CBr)Cc2ccc(F)cc2)cc1. The molecule has 0 nitrogen and oxygen atoms in total. The third kappa shape index (κ3) is 4.45. The van der Waals surface area contributed by atoms with Crippen molar-refractivity contribution in [3.05, 3.63) is 71.0 Å². The molecular formula is C18H20BrF. The van der Waals surface area contributed by atoms with Crippen LogP contribution in [-0.4, -0.2) is 5.33 Å². The van der Waals surface area contributed by atoms with Crippen LogP contribution < -0.4 is 0 Å². The predicted molar refractivity (Wildman–Crippen MR) is 86.9 cm³/mol. The monoisotopic (exact) mass is 334 g/mol. The van der Waals surface area contributed by atoms with Gasteiger partial charge in [0.05, 0.1) is 0 Å². The molecule has 0 amide bonds. The summed E-state index contributed by atoms with van der Waals surface area (Å²) in [5.41, 5.74) is 3.94. The fourth-order valence-electron chi connectivity index (χ4n) is 2.38. The van der Waals surface area contributed by atoms with E-state index >= 15 is 0 Å². The standard InChI is InChI=1S/C18H20BrF/c1-2-14-3-5-15(6-4-14)11-17(13-19)12-16-7-9-18(20)10-8-16/h3-10,17H,2,11-13H2,1H3. The van der Waals surface area contributed by atoms with Gasteiger partial charge in [0.25, 0.3) is 0 Å². The van der Waals surface area contributed by atoms with Crippen LogP contribution in [0.4, 0.5) is 4.39 Å². The Balaban J connectivity index is 1.99. The molecule has 1 atom stereocenters. The van der Waals surface area contributed by atoms with E-state index in [0.29, 0.717) is 5.92 Å². The van der Waals surface area contributed by atoms with Crippen LogP contribution in [0.5, 0.6) is 0 Å². The first kappa shape index (κ1) is 15.2. The van der Waals surface area contributed by atoms with Gasteiger partial charge in [0.1, 0.15) is 5.82 Å². The molecule has 0 spiro atoms. The van der Waals surface area contributed by atoms with E-state index in [1.807, 2.05) is 12.1 Å². The number of hydrogen-bond acceptors (Lipinski definition) is 0. The van der Waals surface area contributed by atoms with Gasteiger partial charge in [-0.1, -0.05) is 59.3 Å². The lowest BCUT2D eigenvalue weighted by molar-refractivity contribution is 0.587. The van der Waals surface area contributed by atoms with Gasteiger partial charge in [0, 0.05) is 5.33 Å². The Labute approximate surface area is 129 Å². The van der Waals surface area contributed by atoms with Crippen molar-refractivity contribution in [2.45, 2.75) is 26.2 Å². The maximum Gasteiger partial charge on any atom is 0.123 e. The largest absolute Gasteiger partial charge is 0.207 e. The third-order valence-electron chi connectivity index (χ3n) is 3.61. The molecule has 2 rings (SSSR count). The minimum atomic E-state index is -0.167. The lowest BCUT2D eigenvalue weighted by atomic mass is 9.93. The molecule has 106 valence electrons. The van der Waals surface area contributed by atoms with Crippen LogP contribution in [0.25, 0.3) is 0 Å². The van der Waals surface area contributed by atoms with Gasteiger partial charge in [-0.05, 0) is 54.0 Å². The highest BCUT2D eigenvalue weighted by Gasteiger charge is 2.09. The van der Waals surface area contributed by atoms with E-state index in [0.717, 1.165) is 24.6 Å². The second-order valence-electron chi connectivity index (χ2n) is 5.23. The van der Waals surface area contributed by atoms with Crippen molar-refractivity contribution in [2.24, 2.45) is 5.92 Å². The normalized spacial score (nSPS) is 12.3. The zero-order valence-electron chi connectivity index (χ0n) is 11.8. The van der Waals surface area contributed by atoms with Crippen LogP contribution in [-0.2, 0) is 19.3 Å². The number of rotatable bonds is 6. The molecule has 0 aliphatic rings. The summed E-state index contributed by atoms with van der Waals surface area (Å²) >= 11 is 3.60. The Morgan fingerprint density at radius 1 is 0.850 bits per heavy atom. The first-order chi connectivity index (χ1) is 9.71. The van der Waals surface area contributed by atoms with Crippen LogP contribution in [0.15, 0.2) is 48.5 Å². The zero-order chi connectivity index (χ0) is 14.4. The van der Waals surface area contributed by atoms with E-state index in [-0.39, 0.29) is 5.82 Å². The molecule has 2 aromatic carbocycles. The molecule has 0 N–H and O–H groups in total. The fraction of sp³-hybridized carbons (Fsp3) is 0.333. The van der Waals surface area contributed by atoms with E-state index in [2.05, 4.69) is 47.1 Å². The molecular weight excluding hydrogens is 315 g/mol. The van der Waals surface area contributed by atoms with Gasteiger partial charge in [-0.3, -0.25) is 0 Å². The molecule has 0 saturated carbocycles. The topological polar surface area (TPSA) is 0 Å². The molecule has 20 heavy (non-hydrogen) atoms. The van der Waals surface area contributed by atoms with E-state index in [1.54, 1.807) is 0 Å². The molecule has 0 bridgehead atoms. The quantitative estimate of drug-likeness (QED) is 0.638. The highest BCUT2D eigenvalue weighted by molar-refractivity contribution is 9.09. The van der Waals surface area contributed by atoms with Gasteiger partial charge >= 0.3 is 0 Å². The predicted octanol–water partition coefficient (Wildman–Crippen LogP) is 5.18. The number of halogens is 2. The lowest BCUT2D eigenvalue weighted by Gasteiger charge is -2.14. The van der Waals surface area contributed by atoms with Gasteiger partial charge in [0.2, 0.25) is 0 Å². The maximum absolute atomic E-state index is 12.9. The average molecular weight is 335 g/mol. The average Bonchev–Trinajstić information content (AvgIpc) is 2.49. The van der Waals surface area contributed by atoms with Crippen LogP contribution in [0.3, 0.4) is 0 Å². The fourth-order valence-corrected chi connectivity index (χ4v) is 2.84. The van der Waals surface area contributed by atoms with Crippen molar-refractivity contribution in [1.82, 2.24) is 0 Å². The van der Waals surface area contributed by atoms with Gasteiger partial charge < -0.3 is 0 Å². The van der Waals surface area contributed by atoms with Gasteiger partial charge in [-0.2, -0.15) is 0 Å². The van der Waals surface area contributed by atoms with Gasteiger partial charge in [-0.25, -0.2) is 4.39 Å². The first-order valence-corrected chi connectivity index (χ1v) is 8.21. The summed E-state index contributed by atoms with van der Waals surface area (Å²) in [5.74, 6) is 0.368. The smallest absolute Gasteiger partial charge is 0.123 e. The Hall–Kier alpha value is -1.15. The molecule has 0 aliphatic carbocycles. The molecule has 1 unspecified atom stereocenters. The Bertz CT molecular complexity index is 516. The van der Waals surface area contributed by atoms with E-state index < -0.39 is 0 Å². The summed E-state index contributed by atoms with van der Waals surface area (Å²) in [6.45, 7) is 2.17. The summed E-state index contributed by atoms with van der Waals surface area (Å²) in [6, 6.07) is 15.7. The van der Waals surface area contributed by atoms with Crippen LogP contribution in [0.2, 0.25) is 0 Å². The number of hydrogen-bond donors (Lipinski definition) is 0. The maximum atomic E-state index is 12.9. The molecule has 0 fully saturated rings. The van der Waals surface area contributed by atoms with E-state index in [1.165, 1.54) is 28.8 Å². The first-order valence-electron chi connectivity index (χ1n) is 7.09. The molecule has 0 aromatic heterocycles. The second-order valence-corrected chi connectivity index (χ2v) is 5.87. The molecule has 0 aliphatic heterocycles. The second kappa shape index (κ2) is 7.58. The number of aryl methyl sites for hydroxylation is 1. The lowest BCUT2D eigenvalue weighted by Crippen LogP contribution is -2.10. The minimum Gasteiger partial charge on any atom is -0.207 e. The highest BCUT2D eigenvalue weighted by Crippen LogP contribution is 2.18. The van der Waals surface area contributed by atoms with E-state index in [4.69, 9.17) is 0 Å².